The van der Waals surface area contributed by atoms with Gasteiger partial charge in [0.1, 0.15) is 0 Å². The molecular weight excluding hydrogens is 148 g/mol. The first-order valence-electron chi connectivity index (χ1n) is 4.82. The Kier molecular flexibility index (Phi) is 1.91. The van der Waals surface area contributed by atoms with Crippen LogP contribution in [0.2, 0.25) is 0 Å². The van der Waals surface area contributed by atoms with Crippen molar-refractivity contribution in [1.82, 2.24) is 9.78 Å². The van der Waals surface area contributed by atoms with Crippen molar-refractivity contribution in [2.45, 2.75) is 39.7 Å². The largest absolute Gasteiger partial charge is 0.269 e. The Morgan fingerprint density at radius 2 is 2.33 bits per heavy atom. The lowest BCUT2D eigenvalue weighted by Gasteiger charge is -2.04. The molecule has 1 aromatic rings. The first-order chi connectivity index (χ1) is 5.81. The predicted octanol–water partition coefficient (Wildman–Crippen LogP) is 2.16. The molecule has 2 heteroatoms. The van der Waals surface area contributed by atoms with Gasteiger partial charge in [-0.15, -0.1) is 0 Å². The molecule has 2 rings (SSSR count). The summed E-state index contributed by atoms with van der Waals surface area (Å²) in [6.07, 6.45) is 5.91. The summed E-state index contributed by atoms with van der Waals surface area (Å²) in [5, 5.41) is 4.38. The summed E-state index contributed by atoms with van der Waals surface area (Å²) in [7, 11) is 0. The molecular formula is C10H16N2. The van der Waals surface area contributed by atoms with Crippen molar-refractivity contribution in [1.29, 1.82) is 0 Å². The number of hydrogen-bond donors (Lipinski definition) is 0. The van der Waals surface area contributed by atoms with Gasteiger partial charge < -0.3 is 0 Å². The SMILES string of the molecule is CCc1c(C)cnn1CC1CC1. The monoisotopic (exact) mass is 164 g/mol. The lowest BCUT2D eigenvalue weighted by atomic mass is 10.2. The third-order valence-corrected chi connectivity index (χ3v) is 2.62. The van der Waals surface area contributed by atoms with Gasteiger partial charge in [-0.3, -0.25) is 4.68 Å². The molecule has 12 heavy (non-hydrogen) atoms. The Morgan fingerprint density at radius 3 is 2.92 bits per heavy atom. The number of nitrogens with zero attached hydrogens (tertiary/aromatic N) is 2. The van der Waals surface area contributed by atoms with Gasteiger partial charge in [-0.1, -0.05) is 6.92 Å². The molecule has 66 valence electrons. The van der Waals surface area contributed by atoms with Crippen molar-refractivity contribution >= 4 is 0 Å². The topological polar surface area (TPSA) is 17.8 Å². The molecule has 0 radical (unpaired) electrons. The molecule has 0 aliphatic heterocycles. The molecule has 0 saturated heterocycles. The molecule has 1 saturated carbocycles. The highest BCUT2D eigenvalue weighted by Gasteiger charge is 2.22. The molecule has 0 aromatic carbocycles. The minimum Gasteiger partial charge on any atom is -0.269 e. The summed E-state index contributed by atoms with van der Waals surface area (Å²) >= 11 is 0. The predicted molar refractivity (Wildman–Crippen MR) is 49.1 cm³/mol. The van der Waals surface area contributed by atoms with Crippen LogP contribution in [0.4, 0.5) is 0 Å². The number of hydrogen-bond acceptors (Lipinski definition) is 1. The Bertz CT molecular complexity index is 271. The Balaban J connectivity index is 2.16. The molecule has 0 amide bonds. The second-order valence-electron chi connectivity index (χ2n) is 3.75. The lowest BCUT2D eigenvalue weighted by Crippen LogP contribution is -2.06. The van der Waals surface area contributed by atoms with E-state index in [0.717, 1.165) is 18.9 Å². The van der Waals surface area contributed by atoms with E-state index >= 15 is 0 Å². The molecule has 0 atom stereocenters. The highest BCUT2D eigenvalue weighted by atomic mass is 15.3. The molecule has 1 aromatic heterocycles. The number of rotatable bonds is 3. The molecule has 2 nitrogen and oxygen atoms in total. The van der Waals surface area contributed by atoms with Gasteiger partial charge in [0.25, 0.3) is 0 Å². The van der Waals surface area contributed by atoms with E-state index in [1.807, 2.05) is 6.20 Å². The van der Waals surface area contributed by atoms with Gasteiger partial charge in [0.15, 0.2) is 0 Å². The summed E-state index contributed by atoms with van der Waals surface area (Å²) in [6, 6.07) is 0. The number of aromatic nitrogens is 2. The van der Waals surface area contributed by atoms with Gasteiger partial charge in [-0.2, -0.15) is 5.10 Å². The molecule has 1 aliphatic rings. The van der Waals surface area contributed by atoms with Gasteiger partial charge in [0.2, 0.25) is 0 Å². The van der Waals surface area contributed by atoms with E-state index in [2.05, 4.69) is 23.6 Å². The highest BCUT2D eigenvalue weighted by molar-refractivity contribution is 5.15. The van der Waals surface area contributed by atoms with Crippen LogP contribution in [0.15, 0.2) is 6.20 Å². The second-order valence-corrected chi connectivity index (χ2v) is 3.75. The molecule has 0 bridgehead atoms. The van der Waals surface area contributed by atoms with Crippen LogP contribution in [0, 0.1) is 12.8 Å². The fourth-order valence-electron chi connectivity index (χ4n) is 1.67. The average Bonchev–Trinajstić information content (AvgIpc) is 2.78. The Labute approximate surface area is 73.6 Å². The molecule has 0 N–H and O–H groups in total. The fraction of sp³-hybridized carbons (Fsp3) is 0.700. The van der Waals surface area contributed by atoms with Crippen molar-refractivity contribution in [3.63, 3.8) is 0 Å². The summed E-state index contributed by atoms with van der Waals surface area (Å²) < 4.78 is 2.19. The highest BCUT2D eigenvalue weighted by Crippen LogP contribution is 2.30. The zero-order valence-electron chi connectivity index (χ0n) is 7.88. The molecule has 1 heterocycles. The lowest BCUT2D eigenvalue weighted by molar-refractivity contribution is 0.541. The maximum Gasteiger partial charge on any atom is 0.0521 e. The van der Waals surface area contributed by atoms with Crippen LogP contribution in [0.5, 0.6) is 0 Å². The van der Waals surface area contributed by atoms with E-state index in [1.165, 1.54) is 24.1 Å². The van der Waals surface area contributed by atoms with Crippen LogP contribution in [0.3, 0.4) is 0 Å². The minimum atomic E-state index is 0.926. The summed E-state index contributed by atoms with van der Waals surface area (Å²) in [4.78, 5) is 0. The van der Waals surface area contributed by atoms with Crippen LogP contribution in [-0.4, -0.2) is 9.78 Å². The smallest absolute Gasteiger partial charge is 0.0521 e. The second kappa shape index (κ2) is 2.92. The van der Waals surface area contributed by atoms with Gasteiger partial charge in [0.05, 0.1) is 6.20 Å². The van der Waals surface area contributed by atoms with Crippen LogP contribution in [-0.2, 0) is 13.0 Å². The first-order valence-corrected chi connectivity index (χ1v) is 4.82. The van der Waals surface area contributed by atoms with Gasteiger partial charge in [-0.05, 0) is 37.7 Å². The van der Waals surface area contributed by atoms with Gasteiger partial charge in [-0.25, -0.2) is 0 Å². The molecule has 1 fully saturated rings. The van der Waals surface area contributed by atoms with E-state index in [4.69, 9.17) is 0 Å². The van der Waals surface area contributed by atoms with Crippen molar-refractivity contribution < 1.29 is 0 Å². The summed E-state index contributed by atoms with van der Waals surface area (Å²) in [5.41, 5.74) is 2.76. The maximum atomic E-state index is 4.38. The molecule has 0 unspecified atom stereocenters. The molecule has 1 aliphatic carbocycles. The quantitative estimate of drug-likeness (QED) is 0.669. The van der Waals surface area contributed by atoms with Crippen LogP contribution < -0.4 is 0 Å². The van der Waals surface area contributed by atoms with Gasteiger partial charge >= 0.3 is 0 Å². The van der Waals surface area contributed by atoms with E-state index in [0.29, 0.717) is 0 Å². The van der Waals surface area contributed by atoms with E-state index in [1.54, 1.807) is 0 Å². The van der Waals surface area contributed by atoms with Gasteiger partial charge in [0, 0.05) is 12.2 Å². The average molecular weight is 164 g/mol. The van der Waals surface area contributed by atoms with Crippen molar-refractivity contribution in [2.75, 3.05) is 0 Å². The zero-order valence-corrected chi connectivity index (χ0v) is 7.88. The summed E-state index contributed by atoms with van der Waals surface area (Å²) in [6.45, 7) is 5.50. The van der Waals surface area contributed by atoms with E-state index in [9.17, 15) is 0 Å². The van der Waals surface area contributed by atoms with E-state index < -0.39 is 0 Å². The van der Waals surface area contributed by atoms with Crippen LogP contribution >= 0.6 is 0 Å². The maximum absolute atomic E-state index is 4.38. The Morgan fingerprint density at radius 1 is 1.58 bits per heavy atom. The summed E-state index contributed by atoms with van der Waals surface area (Å²) in [5.74, 6) is 0.926. The fourth-order valence-corrected chi connectivity index (χ4v) is 1.67. The number of aryl methyl sites for hydroxylation is 1. The van der Waals surface area contributed by atoms with Crippen LogP contribution in [0.1, 0.15) is 31.0 Å². The Hall–Kier alpha value is -0.790. The van der Waals surface area contributed by atoms with Crippen molar-refractivity contribution in [3.05, 3.63) is 17.5 Å². The minimum absolute atomic E-state index is 0.926. The standard InChI is InChI=1S/C10H16N2/c1-3-10-8(2)6-11-12(10)7-9-4-5-9/h6,9H,3-5,7H2,1-2H3. The van der Waals surface area contributed by atoms with Crippen LogP contribution in [0.25, 0.3) is 0 Å². The van der Waals surface area contributed by atoms with Crippen molar-refractivity contribution in [2.24, 2.45) is 5.92 Å². The first kappa shape index (κ1) is 7.84. The zero-order chi connectivity index (χ0) is 8.55. The van der Waals surface area contributed by atoms with Crippen molar-refractivity contribution in [3.8, 4) is 0 Å². The third kappa shape index (κ3) is 1.38. The third-order valence-electron chi connectivity index (χ3n) is 2.62. The normalized spacial score (nSPS) is 16.8. The van der Waals surface area contributed by atoms with E-state index in [-0.39, 0.29) is 0 Å². The molecule has 0 spiro atoms.